The largest absolute Gasteiger partial charge is 0.490 e. The van der Waals surface area contributed by atoms with Gasteiger partial charge < -0.3 is 19.1 Å². The Bertz CT molecular complexity index is 1800. The molecular formula is C43H61ClN4O5S. The lowest BCUT2D eigenvalue weighted by molar-refractivity contribution is -0.152. The van der Waals surface area contributed by atoms with Crippen molar-refractivity contribution in [2.24, 2.45) is 17.8 Å². The molecular weight excluding hydrogens is 720 g/mol. The van der Waals surface area contributed by atoms with Crippen LogP contribution in [-0.2, 0) is 31.0 Å². The monoisotopic (exact) mass is 780 g/mol. The number of benzene rings is 2. The third kappa shape index (κ3) is 7.45. The quantitative estimate of drug-likeness (QED) is 0.360. The number of anilines is 1. The van der Waals surface area contributed by atoms with Gasteiger partial charge in [-0.3, -0.25) is 19.3 Å². The zero-order chi connectivity index (χ0) is 37.7. The van der Waals surface area contributed by atoms with Gasteiger partial charge in [-0.15, -0.1) is 0 Å². The minimum Gasteiger partial charge on any atom is -0.490 e. The first-order valence-electron chi connectivity index (χ1n) is 20.7. The summed E-state index contributed by atoms with van der Waals surface area (Å²) in [6.07, 6.45) is 8.24. The van der Waals surface area contributed by atoms with Gasteiger partial charge in [-0.2, -0.15) is 0 Å². The van der Waals surface area contributed by atoms with Gasteiger partial charge in [0.1, 0.15) is 5.75 Å². The van der Waals surface area contributed by atoms with E-state index in [1.165, 1.54) is 11.1 Å². The summed E-state index contributed by atoms with van der Waals surface area (Å²) in [4.78, 5) is 21.7. The number of carbonyl (C=O) groups excluding carboxylic acids is 1. The van der Waals surface area contributed by atoms with Crippen molar-refractivity contribution in [3.05, 3.63) is 58.1 Å². The summed E-state index contributed by atoms with van der Waals surface area (Å²) >= 11 is 6.54. The second-order valence-corrected chi connectivity index (χ2v) is 20.3. The van der Waals surface area contributed by atoms with E-state index in [1.807, 2.05) is 31.2 Å². The smallest absolute Gasteiger partial charge is 0.262 e. The number of nitrogens with zero attached hydrogens (tertiary/aromatic N) is 3. The molecule has 4 aliphatic heterocycles. The van der Waals surface area contributed by atoms with Gasteiger partial charge in [0.25, 0.3) is 5.91 Å². The van der Waals surface area contributed by atoms with Gasteiger partial charge in [-0.25, -0.2) is 4.21 Å². The van der Waals surface area contributed by atoms with E-state index >= 15 is 0 Å². The van der Waals surface area contributed by atoms with Gasteiger partial charge in [0.2, 0.25) is 0 Å². The van der Waals surface area contributed by atoms with Crippen molar-refractivity contribution >= 4 is 38.8 Å². The molecule has 3 fully saturated rings. The maximum absolute atomic E-state index is 14.1. The first kappa shape index (κ1) is 38.5. The molecule has 4 heterocycles. The topological polar surface area (TPSA) is 83.6 Å². The number of piperazine rings is 1. The predicted molar refractivity (Wildman–Crippen MR) is 219 cm³/mol. The number of hydrogen-bond acceptors (Lipinski definition) is 8. The standard InChI is InChI=1S/C43H61ClN4O5S/c1-5-53-43(28-46-18-20-47(21-19-46)36-25-51-26-36)17-6-8-30(2)31(3)54(4,50)45-41(49)33-11-15-40-39(23-33)48(24-34-10-13-38(34)43)27-42(29-52-40)16-7-9-32-22-35(44)12-14-37(32)42/h11-12,14-15,22-23,30-31,34,36,38H,4-10,13,16-21,24-29H2,1-3H3,(H,45,49,50)/t30-,31+,34-,38+,42-,43-,54?/m0/s1. The molecule has 1 saturated carbocycles. The third-order valence-corrected chi connectivity index (χ3v) is 16.7. The average Bonchev–Trinajstić information content (AvgIpc) is 3.26. The molecule has 296 valence electrons. The van der Waals surface area contributed by atoms with Crippen LogP contribution in [0.25, 0.3) is 0 Å². The number of nitrogens with one attached hydrogen (secondary N) is 1. The highest BCUT2D eigenvalue weighted by Gasteiger charge is 2.51. The van der Waals surface area contributed by atoms with Crippen LogP contribution in [0, 0.1) is 17.8 Å². The molecule has 54 heavy (non-hydrogen) atoms. The number of ether oxygens (including phenoxy) is 3. The van der Waals surface area contributed by atoms with Gasteiger partial charge in [0.05, 0.1) is 46.9 Å². The minimum absolute atomic E-state index is 0.119. The highest BCUT2D eigenvalue weighted by atomic mass is 35.5. The Labute approximate surface area is 328 Å². The maximum Gasteiger partial charge on any atom is 0.262 e. The summed E-state index contributed by atoms with van der Waals surface area (Å²) in [5, 5.41) is 0.495. The summed E-state index contributed by atoms with van der Waals surface area (Å²) in [5.74, 6) is 5.52. The number of hydrogen-bond donors (Lipinski definition) is 1. The molecule has 9 nitrogen and oxygen atoms in total. The maximum atomic E-state index is 14.1. The highest BCUT2D eigenvalue weighted by Crippen LogP contribution is 2.50. The summed E-state index contributed by atoms with van der Waals surface area (Å²) in [5.41, 5.74) is 3.57. The van der Waals surface area contributed by atoms with E-state index in [1.54, 1.807) is 0 Å². The van der Waals surface area contributed by atoms with Crippen molar-refractivity contribution in [1.82, 2.24) is 14.5 Å². The molecule has 2 aromatic carbocycles. The van der Waals surface area contributed by atoms with Crippen LogP contribution in [0.1, 0.15) is 87.2 Å². The van der Waals surface area contributed by atoms with Crippen molar-refractivity contribution in [1.29, 1.82) is 0 Å². The number of rotatable bonds is 5. The van der Waals surface area contributed by atoms with E-state index in [0.29, 0.717) is 36.7 Å². The number of carbonyl (C=O) groups is 1. The average molecular weight is 782 g/mol. The normalized spacial score (nSPS) is 35.5. The lowest BCUT2D eigenvalue weighted by Crippen LogP contribution is -2.62. The minimum atomic E-state index is -2.92. The van der Waals surface area contributed by atoms with Gasteiger partial charge in [-0.1, -0.05) is 31.0 Å². The van der Waals surface area contributed by atoms with Crippen LogP contribution in [0.4, 0.5) is 5.69 Å². The van der Waals surface area contributed by atoms with Gasteiger partial charge in [0.15, 0.2) is 0 Å². The van der Waals surface area contributed by atoms with Crippen LogP contribution < -0.4 is 14.4 Å². The summed E-state index contributed by atoms with van der Waals surface area (Å²) in [7, 11) is -2.92. The third-order valence-electron chi connectivity index (χ3n) is 14.2. The second-order valence-electron chi connectivity index (χ2n) is 17.5. The Hall–Kier alpha value is -2.34. The molecule has 7 atom stereocenters. The van der Waals surface area contributed by atoms with Crippen LogP contribution >= 0.6 is 11.6 Å². The molecule has 1 amide bonds. The van der Waals surface area contributed by atoms with E-state index in [2.05, 4.69) is 51.3 Å². The first-order chi connectivity index (χ1) is 26.0. The van der Waals surface area contributed by atoms with Crippen LogP contribution in [0.3, 0.4) is 0 Å². The summed E-state index contributed by atoms with van der Waals surface area (Å²) in [6, 6.07) is 12.7. The van der Waals surface area contributed by atoms with Gasteiger partial charge >= 0.3 is 0 Å². The zero-order valence-electron chi connectivity index (χ0n) is 32.7. The second kappa shape index (κ2) is 15.5. The van der Waals surface area contributed by atoms with Crippen molar-refractivity contribution in [2.45, 2.75) is 94.4 Å². The lowest BCUT2D eigenvalue weighted by Gasteiger charge is -2.54. The van der Waals surface area contributed by atoms with Crippen LogP contribution in [-0.4, -0.2) is 115 Å². The van der Waals surface area contributed by atoms with E-state index in [0.717, 1.165) is 127 Å². The van der Waals surface area contributed by atoms with Crippen LogP contribution in [0.2, 0.25) is 5.02 Å². The molecule has 6 aliphatic rings. The Morgan fingerprint density at radius 3 is 2.57 bits per heavy atom. The van der Waals surface area contributed by atoms with Crippen molar-refractivity contribution in [2.75, 3.05) is 77.1 Å². The van der Waals surface area contributed by atoms with Gasteiger partial charge in [0, 0.05) is 73.7 Å². The molecule has 2 saturated heterocycles. The lowest BCUT2D eigenvalue weighted by atomic mass is 9.62. The fourth-order valence-corrected chi connectivity index (χ4v) is 12.4. The highest BCUT2D eigenvalue weighted by molar-refractivity contribution is 7.99. The molecule has 1 unspecified atom stereocenters. The molecule has 11 heteroatoms. The van der Waals surface area contributed by atoms with Crippen molar-refractivity contribution < 1.29 is 23.2 Å². The van der Waals surface area contributed by atoms with E-state index in [-0.39, 0.29) is 28.1 Å². The predicted octanol–water partition coefficient (Wildman–Crippen LogP) is 6.20. The number of amides is 1. The zero-order valence-corrected chi connectivity index (χ0v) is 34.2. The fourth-order valence-electron chi connectivity index (χ4n) is 10.7. The Balaban J connectivity index is 1.16. The van der Waals surface area contributed by atoms with E-state index < -0.39 is 9.71 Å². The van der Waals surface area contributed by atoms with Gasteiger partial charge in [-0.05, 0) is 124 Å². The van der Waals surface area contributed by atoms with E-state index in [4.69, 9.17) is 25.8 Å². The van der Waals surface area contributed by atoms with Crippen LogP contribution in [0.5, 0.6) is 5.75 Å². The molecule has 1 N–H and O–H groups in total. The Kier molecular flexibility index (Phi) is 11.1. The van der Waals surface area contributed by atoms with Crippen molar-refractivity contribution in [3.63, 3.8) is 0 Å². The molecule has 1 spiro atoms. The van der Waals surface area contributed by atoms with Crippen molar-refractivity contribution in [3.8, 4) is 5.75 Å². The first-order valence-corrected chi connectivity index (χ1v) is 22.8. The molecule has 2 aliphatic carbocycles. The molecule has 0 aromatic heterocycles. The summed E-state index contributed by atoms with van der Waals surface area (Å²) < 4.78 is 36.4. The Morgan fingerprint density at radius 2 is 1.85 bits per heavy atom. The van der Waals surface area contributed by atoms with Crippen LogP contribution in [0.15, 0.2) is 36.4 Å². The SMILES string of the molecule is C=S1(=O)NC(=O)c2ccc3c(c2)N(C[C@@H]2CC[C@H]2[C@](CN2CCN(C4COC4)CC2)(OCC)CCC[C@H](C)[C@H]1C)C[C@@]1(CCCc2cc(Cl)ccc21)CO3. The number of halogens is 1. The molecule has 2 aromatic rings. The molecule has 8 rings (SSSR count). The number of aryl methyl sites for hydroxylation is 1. The molecule has 2 bridgehead atoms. The molecule has 0 radical (unpaired) electrons. The van der Waals surface area contributed by atoms with E-state index in [9.17, 15) is 9.00 Å². The summed E-state index contributed by atoms with van der Waals surface area (Å²) in [6.45, 7) is 16.1. The number of fused-ring (bicyclic) bond motifs is 4. The fraction of sp³-hybridized carbons (Fsp3) is 0.674. The Morgan fingerprint density at radius 1 is 1.04 bits per heavy atom.